The van der Waals surface area contributed by atoms with Crippen LogP contribution in [-0.2, 0) is 0 Å². The Hall–Kier alpha value is -2.76. The average Bonchev–Trinajstić information content (AvgIpc) is 2.42. The van der Waals surface area contributed by atoms with Gasteiger partial charge in [0.05, 0.1) is 18.4 Å². The molecule has 2 aromatic rings. The summed E-state index contributed by atoms with van der Waals surface area (Å²) in [6.45, 7) is 0. The fourth-order valence-corrected chi connectivity index (χ4v) is 1.68. The third-order valence-electron chi connectivity index (χ3n) is 2.66. The second kappa shape index (κ2) is 5.48. The number of hydrogen-bond acceptors (Lipinski definition) is 4. The zero-order valence-corrected chi connectivity index (χ0v) is 10.7. The van der Waals surface area contributed by atoms with Gasteiger partial charge in [-0.2, -0.15) is 0 Å². The van der Waals surface area contributed by atoms with Crippen molar-refractivity contribution in [3.63, 3.8) is 0 Å². The van der Waals surface area contributed by atoms with Crippen LogP contribution in [0.2, 0.25) is 0 Å². The molecule has 20 heavy (non-hydrogen) atoms. The van der Waals surface area contributed by atoms with Crippen molar-refractivity contribution < 1.29 is 18.7 Å². The molecule has 6 heteroatoms. The lowest BCUT2D eigenvalue weighted by Crippen LogP contribution is -2.12. The van der Waals surface area contributed by atoms with E-state index in [2.05, 4.69) is 0 Å². The van der Waals surface area contributed by atoms with Crippen molar-refractivity contribution in [2.75, 3.05) is 12.8 Å². The Morgan fingerprint density at radius 3 is 2.50 bits per heavy atom. The number of halogens is 1. The third kappa shape index (κ3) is 2.64. The second-order valence-electron chi connectivity index (χ2n) is 3.99. The predicted octanol–water partition coefficient (Wildman–Crippen LogP) is 2.31. The summed E-state index contributed by atoms with van der Waals surface area (Å²) in [6.07, 6.45) is 0. The Labute approximate surface area is 114 Å². The van der Waals surface area contributed by atoms with Gasteiger partial charge < -0.3 is 20.9 Å². The first-order valence-electron chi connectivity index (χ1n) is 5.72. The summed E-state index contributed by atoms with van der Waals surface area (Å²) < 4.78 is 24.2. The molecule has 0 unspecified atom stereocenters. The van der Waals surface area contributed by atoms with Crippen LogP contribution in [0.4, 0.5) is 10.1 Å². The summed E-state index contributed by atoms with van der Waals surface area (Å²) in [5.74, 6) is -1.00. The van der Waals surface area contributed by atoms with Crippen LogP contribution in [0.25, 0.3) is 0 Å². The minimum absolute atomic E-state index is 0.107. The van der Waals surface area contributed by atoms with Gasteiger partial charge in [0.25, 0.3) is 5.91 Å². The number of anilines is 1. The third-order valence-corrected chi connectivity index (χ3v) is 2.66. The number of benzene rings is 2. The molecule has 0 aliphatic carbocycles. The van der Waals surface area contributed by atoms with Crippen molar-refractivity contribution in [1.29, 1.82) is 0 Å². The van der Waals surface area contributed by atoms with Crippen molar-refractivity contribution >= 4 is 11.6 Å². The van der Waals surface area contributed by atoms with E-state index in [-0.39, 0.29) is 28.5 Å². The van der Waals surface area contributed by atoms with E-state index in [4.69, 9.17) is 20.9 Å². The molecule has 1 amide bonds. The number of rotatable bonds is 4. The molecule has 4 N–H and O–H groups in total. The van der Waals surface area contributed by atoms with Crippen molar-refractivity contribution in [2.24, 2.45) is 5.73 Å². The minimum Gasteiger partial charge on any atom is -0.494 e. The van der Waals surface area contributed by atoms with Crippen molar-refractivity contribution in [3.05, 3.63) is 47.8 Å². The maximum Gasteiger partial charge on any atom is 0.252 e. The van der Waals surface area contributed by atoms with Crippen molar-refractivity contribution in [3.8, 4) is 17.2 Å². The molecule has 5 nitrogen and oxygen atoms in total. The van der Waals surface area contributed by atoms with E-state index < -0.39 is 11.7 Å². The first-order valence-corrected chi connectivity index (χ1v) is 5.72. The summed E-state index contributed by atoms with van der Waals surface area (Å²) in [7, 11) is 1.41. The number of nitrogens with two attached hydrogens (primary N) is 2. The molecule has 0 spiro atoms. The molecule has 0 heterocycles. The van der Waals surface area contributed by atoms with E-state index >= 15 is 0 Å². The van der Waals surface area contributed by atoms with Crippen LogP contribution in [0.1, 0.15) is 10.4 Å². The number of para-hydroxylation sites is 1. The maximum atomic E-state index is 13.8. The van der Waals surface area contributed by atoms with Gasteiger partial charge in [-0.15, -0.1) is 0 Å². The van der Waals surface area contributed by atoms with Crippen LogP contribution < -0.4 is 20.9 Å². The molecule has 0 radical (unpaired) electrons. The highest BCUT2D eigenvalue weighted by Gasteiger charge is 2.14. The number of methoxy groups -OCH3 is 1. The van der Waals surface area contributed by atoms with Gasteiger partial charge in [0, 0.05) is 12.1 Å². The summed E-state index contributed by atoms with van der Waals surface area (Å²) >= 11 is 0. The normalized spacial score (nSPS) is 10.1. The van der Waals surface area contributed by atoms with Gasteiger partial charge in [-0.1, -0.05) is 12.1 Å². The van der Waals surface area contributed by atoms with Gasteiger partial charge in [-0.05, 0) is 12.1 Å². The monoisotopic (exact) mass is 276 g/mol. The highest BCUT2D eigenvalue weighted by molar-refractivity contribution is 5.95. The topological polar surface area (TPSA) is 87.6 Å². The standard InChI is InChI=1S/C14H13FN2O3/c1-19-13-7-12(9(15)6-10(13)16)20-11-5-3-2-4-8(11)14(17)18/h2-7H,16H2,1H3,(H2,17,18). The van der Waals surface area contributed by atoms with Gasteiger partial charge in [0.1, 0.15) is 11.5 Å². The van der Waals surface area contributed by atoms with Crippen molar-refractivity contribution in [1.82, 2.24) is 0 Å². The molecule has 0 aliphatic rings. The summed E-state index contributed by atoms with van der Waals surface area (Å²) in [5, 5.41) is 0. The number of amides is 1. The Morgan fingerprint density at radius 1 is 1.15 bits per heavy atom. The van der Waals surface area contributed by atoms with Crippen LogP contribution >= 0.6 is 0 Å². The maximum absolute atomic E-state index is 13.8. The number of primary amides is 1. The molecule has 2 rings (SSSR count). The first-order chi connectivity index (χ1) is 9.52. The zero-order valence-electron chi connectivity index (χ0n) is 10.7. The fraction of sp³-hybridized carbons (Fsp3) is 0.0714. The van der Waals surface area contributed by atoms with Crippen LogP contribution in [0, 0.1) is 5.82 Å². The SMILES string of the molecule is COc1cc(Oc2ccccc2C(N)=O)c(F)cc1N. The molecule has 0 bridgehead atoms. The lowest BCUT2D eigenvalue weighted by molar-refractivity contribution is 0.0998. The van der Waals surface area contributed by atoms with Gasteiger partial charge in [-0.25, -0.2) is 4.39 Å². The average molecular weight is 276 g/mol. The van der Waals surface area contributed by atoms with Gasteiger partial charge in [-0.3, -0.25) is 4.79 Å². The molecule has 2 aromatic carbocycles. The Kier molecular flexibility index (Phi) is 3.74. The van der Waals surface area contributed by atoms with Gasteiger partial charge in [0.15, 0.2) is 11.6 Å². The van der Waals surface area contributed by atoms with E-state index in [1.807, 2.05) is 0 Å². The summed E-state index contributed by atoms with van der Waals surface area (Å²) in [5.41, 5.74) is 11.1. The van der Waals surface area contributed by atoms with E-state index in [1.54, 1.807) is 12.1 Å². The van der Waals surface area contributed by atoms with Gasteiger partial charge in [0.2, 0.25) is 0 Å². The molecule has 0 saturated heterocycles. The highest BCUT2D eigenvalue weighted by Crippen LogP contribution is 2.33. The molecule has 0 aromatic heterocycles. The fourth-order valence-electron chi connectivity index (χ4n) is 1.68. The molecular weight excluding hydrogens is 263 g/mol. The van der Waals surface area contributed by atoms with Gasteiger partial charge >= 0.3 is 0 Å². The largest absolute Gasteiger partial charge is 0.494 e. The summed E-state index contributed by atoms with van der Waals surface area (Å²) in [6, 6.07) is 8.68. The van der Waals surface area contributed by atoms with E-state index in [9.17, 15) is 9.18 Å². The zero-order chi connectivity index (χ0) is 14.7. The Morgan fingerprint density at radius 2 is 1.85 bits per heavy atom. The number of hydrogen-bond donors (Lipinski definition) is 2. The molecule has 0 atom stereocenters. The van der Waals surface area contributed by atoms with E-state index in [0.717, 1.165) is 6.07 Å². The molecule has 0 saturated carbocycles. The number of nitrogen functional groups attached to an aromatic ring is 1. The Balaban J connectivity index is 2.42. The highest BCUT2D eigenvalue weighted by atomic mass is 19.1. The Bertz CT molecular complexity index is 659. The van der Waals surface area contributed by atoms with Crippen molar-refractivity contribution in [2.45, 2.75) is 0 Å². The predicted molar refractivity (Wildman–Crippen MR) is 72.4 cm³/mol. The quantitative estimate of drug-likeness (QED) is 0.839. The number of ether oxygens (including phenoxy) is 2. The number of carbonyl (C=O) groups is 1. The minimum atomic E-state index is -0.664. The molecule has 0 fully saturated rings. The first kappa shape index (κ1) is 13.7. The van der Waals surface area contributed by atoms with Crippen LogP contribution in [0.3, 0.4) is 0 Å². The second-order valence-corrected chi connectivity index (χ2v) is 3.99. The molecule has 0 aliphatic heterocycles. The molecular formula is C14H13FN2O3. The number of carbonyl (C=O) groups excluding carboxylic acids is 1. The molecule has 104 valence electrons. The van der Waals surface area contributed by atoms with E-state index in [0.29, 0.717) is 0 Å². The summed E-state index contributed by atoms with van der Waals surface area (Å²) in [4.78, 5) is 11.3. The smallest absolute Gasteiger partial charge is 0.252 e. The van der Waals surface area contributed by atoms with Crippen LogP contribution in [-0.4, -0.2) is 13.0 Å². The van der Waals surface area contributed by atoms with Crippen LogP contribution in [0.15, 0.2) is 36.4 Å². The lowest BCUT2D eigenvalue weighted by atomic mass is 10.2. The van der Waals surface area contributed by atoms with E-state index in [1.165, 1.54) is 25.3 Å². The van der Waals surface area contributed by atoms with Crippen LogP contribution in [0.5, 0.6) is 17.2 Å². The lowest BCUT2D eigenvalue weighted by Gasteiger charge is -2.12.